The third-order valence-electron chi connectivity index (χ3n) is 13.1. The molecule has 2 saturated carbocycles. The maximum Gasteiger partial charge on any atom is 0.408 e. The summed E-state index contributed by atoms with van der Waals surface area (Å²) in [5, 5.41) is 52.0. The van der Waals surface area contributed by atoms with Crippen molar-refractivity contribution >= 4 is 29.8 Å². The van der Waals surface area contributed by atoms with Gasteiger partial charge in [0.15, 0.2) is 17.5 Å². The van der Waals surface area contributed by atoms with Crippen LogP contribution in [-0.4, -0.2) is 110 Å². The highest BCUT2D eigenvalue weighted by molar-refractivity contribution is 5.94. The molecular weight excluding hydrogens is 766 g/mol. The molecule has 4 aliphatic rings. The molecule has 2 aromatic carbocycles. The van der Waals surface area contributed by atoms with Crippen LogP contribution in [0.2, 0.25) is 0 Å². The van der Waals surface area contributed by atoms with E-state index < -0.39 is 112 Å². The number of hydrogen-bond acceptors (Lipinski definition) is 14. The van der Waals surface area contributed by atoms with Crippen LogP contribution in [0.15, 0.2) is 71.8 Å². The number of alkyl carbamates (subject to hydrolysis) is 1. The van der Waals surface area contributed by atoms with Crippen LogP contribution in [0.3, 0.4) is 0 Å². The molecule has 0 spiro atoms. The Labute approximate surface area is 343 Å². The van der Waals surface area contributed by atoms with Crippen LogP contribution in [0, 0.1) is 16.7 Å². The highest BCUT2D eigenvalue weighted by Crippen LogP contribution is 2.64. The number of aliphatic hydroxyl groups is 4. The number of nitrogens with one attached hydrogen (secondary N) is 1. The Kier molecular flexibility index (Phi) is 11.2. The van der Waals surface area contributed by atoms with Gasteiger partial charge in [-0.1, -0.05) is 62.4 Å². The lowest BCUT2D eigenvalue weighted by atomic mass is 9.44. The Morgan fingerprint density at radius 3 is 2.07 bits per heavy atom. The van der Waals surface area contributed by atoms with Crippen LogP contribution >= 0.6 is 0 Å². The van der Waals surface area contributed by atoms with E-state index in [0.717, 1.165) is 6.92 Å². The first kappa shape index (κ1) is 43.9. The fourth-order valence-electron chi connectivity index (χ4n) is 9.81. The molecule has 3 fully saturated rings. The third kappa shape index (κ3) is 7.14. The molecule has 2 bridgehead atoms. The normalized spacial score (nSPS) is 33.9. The van der Waals surface area contributed by atoms with Gasteiger partial charge in [-0.05, 0) is 70.4 Å². The average molecular weight is 822 g/mol. The van der Waals surface area contributed by atoms with Crippen LogP contribution < -0.4 is 5.32 Å². The lowest BCUT2D eigenvalue weighted by molar-refractivity contribution is -0.346. The molecule has 6 rings (SSSR count). The van der Waals surface area contributed by atoms with Crippen LogP contribution in [0.5, 0.6) is 0 Å². The number of carbonyl (C=O) groups excluding carboxylic acids is 5. The van der Waals surface area contributed by atoms with E-state index in [2.05, 4.69) is 5.32 Å². The Hall–Kier alpha value is -4.67. The molecule has 11 atom stereocenters. The van der Waals surface area contributed by atoms with Gasteiger partial charge in [-0.25, -0.2) is 14.4 Å². The zero-order valence-electron chi connectivity index (χ0n) is 34.8. The Morgan fingerprint density at radius 2 is 1.53 bits per heavy atom. The van der Waals surface area contributed by atoms with Gasteiger partial charge in [-0.15, -0.1) is 0 Å². The number of hydrogen-bond donors (Lipinski definition) is 5. The lowest BCUT2D eigenvalue weighted by Gasteiger charge is -2.67. The first-order chi connectivity index (χ1) is 27.3. The summed E-state index contributed by atoms with van der Waals surface area (Å²) in [6, 6.07) is 16.0. The molecule has 0 aromatic heterocycles. The van der Waals surface area contributed by atoms with Crippen LogP contribution in [-0.2, 0) is 43.6 Å². The molecule has 3 aliphatic carbocycles. The van der Waals surface area contributed by atoms with E-state index in [9.17, 15) is 44.4 Å². The molecule has 1 heterocycles. The Balaban J connectivity index is 1.50. The number of benzene rings is 2. The second kappa shape index (κ2) is 15.1. The number of carbonyl (C=O) groups is 5. The zero-order chi connectivity index (χ0) is 43.7. The van der Waals surface area contributed by atoms with E-state index in [-0.39, 0.29) is 29.7 Å². The van der Waals surface area contributed by atoms with Gasteiger partial charge in [0.05, 0.1) is 29.6 Å². The van der Waals surface area contributed by atoms with Crippen LogP contribution in [0.1, 0.15) is 91.1 Å². The van der Waals surface area contributed by atoms with Crippen molar-refractivity contribution < 1.29 is 68.1 Å². The predicted molar refractivity (Wildman–Crippen MR) is 208 cm³/mol. The lowest BCUT2D eigenvalue weighted by Crippen LogP contribution is -2.81. The summed E-state index contributed by atoms with van der Waals surface area (Å²) in [5.74, 6) is -5.39. The molecule has 2 aromatic rings. The van der Waals surface area contributed by atoms with Crippen molar-refractivity contribution in [2.45, 2.75) is 134 Å². The second-order valence-electron chi connectivity index (χ2n) is 18.2. The van der Waals surface area contributed by atoms with E-state index in [1.54, 1.807) is 83.1 Å². The predicted octanol–water partition coefficient (Wildman–Crippen LogP) is 3.43. The number of ketones is 1. The SMILES string of the molecule is CC(=O)O[C@@]12CO[C@@H]1C[C@H](O)[C@@]1(C)C(=O)[C@H](O)C3=C(C)[C@@H](OC(=O)[C@H](O)[C@@](C)(NC(=O)OC(C)(C)C)c4ccccc4)C[C@@](O)([C@@H](OC(=O)c4ccccc4)C12)C3(C)C. The first-order valence-corrected chi connectivity index (χ1v) is 19.7. The second-order valence-corrected chi connectivity index (χ2v) is 18.2. The average Bonchev–Trinajstić information content (AvgIpc) is 3.15. The van der Waals surface area contributed by atoms with Crippen molar-refractivity contribution in [1.82, 2.24) is 5.32 Å². The molecule has 15 nitrogen and oxygen atoms in total. The van der Waals surface area contributed by atoms with Crippen molar-refractivity contribution in [2.24, 2.45) is 16.7 Å². The van der Waals surface area contributed by atoms with Crippen LogP contribution in [0.4, 0.5) is 4.79 Å². The number of rotatable bonds is 8. The Morgan fingerprint density at radius 1 is 0.932 bits per heavy atom. The summed E-state index contributed by atoms with van der Waals surface area (Å²) in [4.78, 5) is 69.4. The molecule has 1 saturated heterocycles. The Bertz CT molecular complexity index is 2030. The fourth-order valence-corrected chi connectivity index (χ4v) is 9.81. The van der Waals surface area contributed by atoms with Crippen molar-refractivity contribution in [1.29, 1.82) is 0 Å². The molecule has 5 N–H and O–H groups in total. The summed E-state index contributed by atoms with van der Waals surface area (Å²) in [5.41, 5.74) is -10.0. The highest BCUT2D eigenvalue weighted by atomic mass is 16.6. The number of Topliss-reactive ketones (excluding diaryl/α,β-unsaturated/α-hetero) is 1. The summed E-state index contributed by atoms with van der Waals surface area (Å²) in [6.07, 6.45) is -11.6. The van der Waals surface area contributed by atoms with Gasteiger partial charge in [0.2, 0.25) is 0 Å². The first-order valence-electron chi connectivity index (χ1n) is 19.7. The number of fused-ring (bicyclic) bond motifs is 5. The van der Waals surface area contributed by atoms with Gasteiger partial charge >= 0.3 is 24.0 Å². The number of aliphatic hydroxyl groups excluding tert-OH is 3. The highest BCUT2D eigenvalue weighted by Gasteiger charge is 2.78. The number of amides is 1. The minimum atomic E-state index is -2.36. The van der Waals surface area contributed by atoms with Crippen molar-refractivity contribution in [3.05, 3.63) is 82.9 Å². The van der Waals surface area contributed by atoms with Gasteiger partial charge in [-0.2, -0.15) is 0 Å². The molecule has 15 heteroatoms. The van der Waals surface area contributed by atoms with E-state index in [1.807, 2.05) is 0 Å². The maximum atomic E-state index is 15.0. The van der Waals surface area contributed by atoms with Gasteiger partial charge in [0, 0.05) is 25.2 Å². The van der Waals surface area contributed by atoms with Crippen molar-refractivity contribution in [3.8, 4) is 0 Å². The summed E-state index contributed by atoms with van der Waals surface area (Å²) >= 11 is 0. The monoisotopic (exact) mass is 821 g/mol. The van der Waals surface area contributed by atoms with Gasteiger partial charge in [0.25, 0.3) is 0 Å². The quantitative estimate of drug-likeness (QED) is 0.146. The minimum absolute atomic E-state index is 0.0672. The third-order valence-corrected chi connectivity index (χ3v) is 13.1. The molecule has 0 radical (unpaired) electrons. The topological polar surface area (TPSA) is 224 Å². The number of esters is 3. The summed E-state index contributed by atoms with van der Waals surface area (Å²) in [6.45, 7) is 13.2. The van der Waals surface area contributed by atoms with E-state index in [4.69, 9.17) is 23.7 Å². The van der Waals surface area contributed by atoms with Gasteiger partial charge in [-0.3, -0.25) is 9.59 Å². The molecular formula is C44H55NO14. The standard InChI is InChI=1S/C44H55NO14/c1-23-27(56-37(52)34(50)42(9,26-18-14-11-15-19-26)45-38(53)59-39(3,4)5)21-44(54)35(57-36(51)25-16-12-10-13-17-25)32-41(8,33(49)31(48)30(23)40(44,6)7)28(47)20-29-43(32,22-55-29)58-24(2)46/h10-19,27-29,31-32,34-35,47-48,50,54H,20-22H2,1-9H3,(H,45,53)/t27-,28-,29+,31+,32?,34-,35-,41+,42-,43-,44+/m0/s1. The van der Waals surface area contributed by atoms with Gasteiger partial charge in [0.1, 0.15) is 41.2 Å². The van der Waals surface area contributed by atoms with Gasteiger partial charge < -0.3 is 49.4 Å². The largest absolute Gasteiger partial charge is 0.456 e. The summed E-state index contributed by atoms with van der Waals surface area (Å²) < 4.78 is 29.7. The number of ether oxygens (including phenoxy) is 5. The summed E-state index contributed by atoms with van der Waals surface area (Å²) in [7, 11) is 0. The van der Waals surface area contributed by atoms with Crippen molar-refractivity contribution in [2.75, 3.05) is 6.61 Å². The van der Waals surface area contributed by atoms with Crippen molar-refractivity contribution in [3.63, 3.8) is 0 Å². The molecule has 320 valence electrons. The molecule has 1 unspecified atom stereocenters. The molecule has 59 heavy (non-hydrogen) atoms. The fraction of sp³-hybridized carbons (Fsp3) is 0.568. The maximum absolute atomic E-state index is 15.0. The smallest absolute Gasteiger partial charge is 0.408 e. The molecule has 1 aliphatic heterocycles. The zero-order valence-corrected chi connectivity index (χ0v) is 34.8. The van der Waals surface area contributed by atoms with E-state index in [1.165, 1.54) is 32.9 Å². The minimum Gasteiger partial charge on any atom is -0.456 e. The van der Waals surface area contributed by atoms with E-state index >= 15 is 0 Å². The van der Waals surface area contributed by atoms with Crippen LogP contribution in [0.25, 0.3) is 0 Å². The molecule has 1 amide bonds. The van der Waals surface area contributed by atoms with E-state index in [0.29, 0.717) is 5.56 Å².